The van der Waals surface area contributed by atoms with Gasteiger partial charge in [-0.25, -0.2) is 0 Å². The third kappa shape index (κ3) is 5.68. The molecule has 4 nitrogen and oxygen atoms in total. The number of piperazine rings is 1. The van der Waals surface area contributed by atoms with Crippen LogP contribution >= 0.6 is 0 Å². The topological polar surface area (TPSA) is 35.6 Å². The Labute approximate surface area is 156 Å². The van der Waals surface area contributed by atoms with E-state index in [9.17, 15) is 4.79 Å². The maximum atomic E-state index is 12.1. The van der Waals surface area contributed by atoms with Gasteiger partial charge in [0, 0.05) is 44.8 Å². The first-order valence-corrected chi connectivity index (χ1v) is 9.60. The monoisotopic (exact) mass is 351 g/mol. The molecule has 0 aromatic heterocycles. The summed E-state index contributed by atoms with van der Waals surface area (Å²) in [6.45, 7) is 8.94. The van der Waals surface area contributed by atoms with Crippen molar-refractivity contribution in [3.8, 4) is 0 Å². The number of nitrogens with one attached hydrogen (secondary N) is 1. The van der Waals surface area contributed by atoms with E-state index in [1.54, 1.807) is 0 Å². The van der Waals surface area contributed by atoms with Crippen molar-refractivity contribution in [2.45, 2.75) is 26.3 Å². The minimum Gasteiger partial charge on any atom is -0.326 e. The lowest BCUT2D eigenvalue weighted by Gasteiger charge is -2.34. The molecule has 0 spiro atoms. The van der Waals surface area contributed by atoms with E-state index in [-0.39, 0.29) is 5.91 Å². The molecule has 1 aliphatic heterocycles. The minimum absolute atomic E-state index is 0.0669. The van der Waals surface area contributed by atoms with Crippen LogP contribution in [0.15, 0.2) is 54.6 Å². The largest absolute Gasteiger partial charge is 0.326 e. The zero-order chi connectivity index (χ0) is 18.2. The van der Waals surface area contributed by atoms with Gasteiger partial charge in [0.15, 0.2) is 0 Å². The molecular formula is C22H29N3O. The summed E-state index contributed by atoms with van der Waals surface area (Å²) in [4.78, 5) is 17.1. The number of carbonyl (C=O) groups is 1. The van der Waals surface area contributed by atoms with Gasteiger partial charge in [-0.3, -0.25) is 9.69 Å². The van der Waals surface area contributed by atoms with Crippen LogP contribution in [0.5, 0.6) is 0 Å². The Bertz CT molecular complexity index is 676. The van der Waals surface area contributed by atoms with Crippen LogP contribution in [0.2, 0.25) is 0 Å². The number of likely N-dealkylation sites (N-methyl/N-ethyl adjacent to an activating group) is 1. The molecule has 3 rings (SSSR count). The molecule has 1 amide bonds. The predicted molar refractivity (Wildman–Crippen MR) is 107 cm³/mol. The zero-order valence-electron chi connectivity index (χ0n) is 15.7. The van der Waals surface area contributed by atoms with Crippen LogP contribution in [0.1, 0.15) is 24.5 Å². The fourth-order valence-corrected chi connectivity index (χ4v) is 3.34. The molecule has 1 aliphatic rings. The summed E-state index contributed by atoms with van der Waals surface area (Å²) < 4.78 is 0. The molecule has 2 aromatic rings. The fourth-order valence-electron chi connectivity index (χ4n) is 3.34. The van der Waals surface area contributed by atoms with Gasteiger partial charge in [-0.15, -0.1) is 0 Å². The molecule has 1 N–H and O–H groups in total. The standard InChI is InChI=1S/C22H29N3O/c1-2-24-14-16-25(17-15-24)18-20-8-11-21(12-9-20)23-22(26)13-10-19-6-4-3-5-7-19/h3-9,11-12H,2,10,13-18H2,1H3,(H,23,26). The molecular weight excluding hydrogens is 322 g/mol. The zero-order valence-corrected chi connectivity index (χ0v) is 15.7. The number of anilines is 1. The number of hydrogen-bond donors (Lipinski definition) is 1. The predicted octanol–water partition coefficient (Wildman–Crippen LogP) is 3.40. The van der Waals surface area contributed by atoms with E-state index in [1.807, 2.05) is 30.3 Å². The van der Waals surface area contributed by atoms with E-state index in [2.05, 4.69) is 46.3 Å². The first-order valence-electron chi connectivity index (χ1n) is 9.60. The Hall–Kier alpha value is -2.17. The minimum atomic E-state index is 0.0669. The molecule has 0 unspecified atom stereocenters. The second-order valence-corrected chi connectivity index (χ2v) is 6.94. The smallest absolute Gasteiger partial charge is 0.224 e. The van der Waals surface area contributed by atoms with Crippen molar-refractivity contribution in [3.63, 3.8) is 0 Å². The summed E-state index contributed by atoms with van der Waals surface area (Å²) in [7, 11) is 0. The van der Waals surface area contributed by atoms with Gasteiger partial charge in [0.05, 0.1) is 0 Å². The van der Waals surface area contributed by atoms with Crippen molar-refractivity contribution in [3.05, 3.63) is 65.7 Å². The number of benzene rings is 2. The summed E-state index contributed by atoms with van der Waals surface area (Å²) in [6.07, 6.45) is 1.28. The van der Waals surface area contributed by atoms with E-state index in [4.69, 9.17) is 0 Å². The number of rotatable bonds is 7. The molecule has 0 saturated carbocycles. The van der Waals surface area contributed by atoms with E-state index < -0.39 is 0 Å². The molecule has 0 bridgehead atoms. The maximum Gasteiger partial charge on any atom is 0.224 e. The van der Waals surface area contributed by atoms with Crippen molar-refractivity contribution in [2.24, 2.45) is 0 Å². The average Bonchev–Trinajstić information content (AvgIpc) is 2.69. The Morgan fingerprint density at radius 3 is 2.19 bits per heavy atom. The highest BCUT2D eigenvalue weighted by Gasteiger charge is 2.15. The van der Waals surface area contributed by atoms with Crippen LogP contribution in [0, 0.1) is 0 Å². The van der Waals surface area contributed by atoms with Gasteiger partial charge in [0.25, 0.3) is 0 Å². The lowest BCUT2D eigenvalue weighted by atomic mass is 10.1. The third-order valence-corrected chi connectivity index (χ3v) is 5.04. The number of hydrogen-bond acceptors (Lipinski definition) is 3. The second-order valence-electron chi connectivity index (χ2n) is 6.94. The highest BCUT2D eigenvalue weighted by atomic mass is 16.1. The number of carbonyl (C=O) groups excluding carboxylic acids is 1. The van der Waals surface area contributed by atoms with Gasteiger partial charge in [0.1, 0.15) is 0 Å². The van der Waals surface area contributed by atoms with Gasteiger partial charge < -0.3 is 10.2 Å². The molecule has 26 heavy (non-hydrogen) atoms. The third-order valence-electron chi connectivity index (χ3n) is 5.04. The maximum absolute atomic E-state index is 12.1. The van der Waals surface area contributed by atoms with Crippen LogP contribution in [-0.2, 0) is 17.8 Å². The molecule has 4 heteroatoms. The average molecular weight is 351 g/mol. The molecule has 1 saturated heterocycles. The highest BCUT2D eigenvalue weighted by Crippen LogP contribution is 2.14. The van der Waals surface area contributed by atoms with Crippen molar-refractivity contribution in [1.29, 1.82) is 0 Å². The van der Waals surface area contributed by atoms with E-state index in [0.717, 1.165) is 51.4 Å². The number of aryl methyl sites for hydroxylation is 1. The number of nitrogens with zero attached hydrogens (tertiary/aromatic N) is 2. The van der Waals surface area contributed by atoms with E-state index in [0.29, 0.717) is 6.42 Å². The van der Waals surface area contributed by atoms with E-state index >= 15 is 0 Å². The first-order chi connectivity index (χ1) is 12.7. The summed E-state index contributed by atoms with van der Waals surface area (Å²) >= 11 is 0. The number of amides is 1. The van der Waals surface area contributed by atoms with Gasteiger partial charge in [0.2, 0.25) is 5.91 Å². The summed E-state index contributed by atoms with van der Waals surface area (Å²) in [5.74, 6) is 0.0669. The summed E-state index contributed by atoms with van der Waals surface area (Å²) in [5.41, 5.74) is 3.38. The molecule has 0 aliphatic carbocycles. The van der Waals surface area contributed by atoms with Crippen LogP contribution in [0.3, 0.4) is 0 Å². The van der Waals surface area contributed by atoms with Crippen LogP contribution in [0.4, 0.5) is 5.69 Å². The summed E-state index contributed by atoms with van der Waals surface area (Å²) in [5, 5.41) is 3.00. The highest BCUT2D eigenvalue weighted by molar-refractivity contribution is 5.90. The molecule has 1 heterocycles. The van der Waals surface area contributed by atoms with Crippen LogP contribution in [0.25, 0.3) is 0 Å². The molecule has 0 atom stereocenters. The van der Waals surface area contributed by atoms with Crippen molar-refractivity contribution in [1.82, 2.24) is 9.80 Å². The van der Waals surface area contributed by atoms with Crippen molar-refractivity contribution >= 4 is 11.6 Å². The Balaban J connectivity index is 1.43. The quantitative estimate of drug-likeness (QED) is 0.830. The van der Waals surface area contributed by atoms with Crippen LogP contribution in [-0.4, -0.2) is 48.4 Å². The normalized spacial score (nSPS) is 15.7. The molecule has 0 radical (unpaired) electrons. The van der Waals surface area contributed by atoms with Gasteiger partial charge in [-0.1, -0.05) is 49.4 Å². The lowest BCUT2D eigenvalue weighted by molar-refractivity contribution is -0.116. The van der Waals surface area contributed by atoms with E-state index in [1.165, 1.54) is 11.1 Å². The summed E-state index contributed by atoms with van der Waals surface area (Å²) in [6, 6.07) is 18.4. The SMILES string of the molecule is CCN1CCN(Cc2ccc(NC(=O)CCc3ccccc3)cc2)CC1. The van der Waals surface area contributed by atoms with Crippen molar-refractivity contribution < 1.29 is 4.79 Å². The Morgan fingerprint density at radius 2 is 1.54 bits per heavy atom. The van der Waals surface area contributed by atoms with Gasteiger partial charge in [-0.05, 0) is 36.2 Å². The first kappa shape index (κ1) is 18.6. The molecule has 138 valence electrons. The second kappa shape index (κ2) is 9.51. The Kier molecular flexibility index (Phi) is 6.81. The van der Waals surface area contributed by atoms with Crippen molar-refractivity contribution in [2.75, 3.05) is 38.0 Å². The molecule has 2 aromatic carbocycles. The van der Waals surface area contributed by atoms with Crippen LogP contribution < -0.4 is 5.32 Å². The van der Waals surface area contributed by atoms with Gasteiger partial charge in [-0.2, -0.15) is 0 Å². The fraction of sp³-hybridized carbons (Fsp3) is 0.409. The van der Waals surface area contributed by atoms with Gasteiger partial charge >= 0.3 is 0 Å². The Morgan fingerprint density at radius 1 is 0.885 bits per heavy atom. The molecule has 1 fully saturated rings. The lowest BCUT2D eigenvalue weighted by Crippen LogP contribution is -2.45.